The van der Waals surface area contributed by atoms with Crippen molar-refractivity contribution >= 4 is 16.8 Å². The van der Waals surface area contributed by atoms with E-state index in [0.29, 0.717) is 29.0 Å². The molecular formula is C27H25F3N4O5. The van der Waals surface area contributed by atoms with E-state index in [-0.39, 0.29) is 22.6 Å². The molecule has 4 rings (SSSR count). The van der Waals surface area contributed by atoms with Gasteiger partial charge < -0.3 is 30.0 Å². The third kappa shape index (κ3) is 5.65. The van der Waals surface area contributed by atoms with Crippen LogP contribution in [0.25, 0.3) is 22.0 Å². The Balaban J connectivity index is 1.71. The van der Waals surface area contributed by atoms with Crippen molar-refractivity contribution in [1.82, 2.24) is 15.3 Å². The summed E-state index contributed by atoms with van der Waals surface area (Å²) in [7, 11) is 4.48. The van der Waals surface area contributed by atoms with E-state index in [1.165, 1.54) is 19.4 Å². The molecule has 204 valence electrons. The number of pyridine rings is 2. The first kappa shape index (κ1) is 27.5. The second-order valence-electron chi connectivity index (χ2n) is 8.24. The van der Waals surface area contributed by atoms with Gasteiger partial charge in [-0.25, -0.2) is 13.8 Å². The van der Waals surface area contributed by atoms with Gasteiger partial charge in [-0.3, -0.25) is 9.78 Å². The van der Waals surface area contributed by atoms with Gasteiger partial charge in [-0.15, -0.1) is 0 Å². The second-order valence-corrected chi connectivity index (χ2v) is 8.24. The van der Waals surface area contributed by atoms with E-state index in [9.17, 15) is 9.18 Å². The lowest BCUT2D eigenvalue weighted by Gasteiger charge is -2.15. The van der Waals surface area contributed by atoms with E-state index in [4.69, 9.17) is 24.7 Å². The average molecular weight is 543 g/mol. The number of carbonyl (C=O) groups is 1. The van der Waals surface area contributed by atoms with E-state index in [0.717, 1.165) is 38.4 Å². The van der Waals surface area contributed by atoms with Crippen molar-refractivity contribution in [1.29, 1.82) is 0 Å². The van der Waals surface area contributed by atoms with E-state index in [2.05, 4.69) is 15.3 Å². The molecule has 0 aliphatic carbocycles. The smallest absolute Gasteiger partial charge is 0.257 e. The van der Waals surface area contributed by atoms with E-state index >= 15 is 8.78 Å². The van der Waals surface area contributed by atoms with Crippen LogP contribution in [0, 0.1) is 17.6 Å². The second kappa shape index (κ2) is 11.9. The van der Waals surface area contributed by atoms with Crippen LogP contribution in [0.5, 0.6) is 28.7 Å². The molecule has 39 heavy (non-hydrogen) atoms. The predicted octanol–water partition coefficient (Wildman–Crippen LogP) is 4.61. The van der Waals surface area contributed by atoms with Gasteiger partial charge in [0.15, 0.2) is 28.9 Å². The minimum atomic E-state index is -1.17. The maximum absolute atomic E-state index is 15.2. The molecule has 2 aromatic heterocycles. The summed E-state index contributed by atoms with van der Waals surface area (Å²) in [4.78, 5) is 19.5. The van der Waals surface area contributed by atoms with E-state index < -0.39 is 34.8 Å². The van der Waals surface area contributed by atoms with Gasteiger partial charge >= 0.3 is 0 Å². The number of nitrogens with one attached hydrogen (secondary N) is 1. The highest BCUT2D eigenvalue weighted by molar-refractivity contribution is 5.98. The molecule has 0 radical (unpaired) electrons. The number of carbonyl (C=O) groups excluding carboxylic acids is 1. The summed E-state index contributed by atoms with van der Waals surface area (Å²) >= 11 is 0. The summed E-state index contributed by atoms with van der Waals surface area (Å²) in [5.41, 5.74) is 4.92. The first-order valence-electron chi connectivity index (χ1n) is 11.7. The first-order chi connectivity index (χ1) is 18.8. The number of benzene rings is 2. The van der Waals surface area contributed by atoms with Gasteiger partial charge in [-0.2, -0.15) is 4.39 Å². The summed E-state index contributed by atoms with van der Waals surface area (Å²) in [6.07, 6.45) is 3.18. The Labute approximate surface area is 221 Å². The van der Waals surface area contributed by atoms with Crippen LogP contribution in [0.15, 0.2) is 42.7 Å². The minimum Gasteiger partial charge on any atom is -0.495 e. The van der Waals surface area contributed by atoms with Gasteiger partial charge in [0.2, 0.25) is 5.95 Å². The van der Waals surface area contributed by atoms with Crippen LogP contribution in [0.3, 0.4) is 0 Å². The van der Waals surface area contributed by atoms with Crippen LogP contribution in [0.1, 0.15) is 16.8 Å². The molecular weight excluding hydrogens is 517 g/mol. The Bertz CT molecular complexity index is 1510. The quantitative estimate of drug-likeness (QED) is 0.208. The van der Waals surface area contributed by atoms with Crippen molar-refractivity contribution in [3.63, 3.8) is 0 Å². The largest absolute Gasteiger partial charge is 0.495 e. The molecule has 12 heteroatoms. The molecule has 0 fully saturated rings. The van der Waals surface area contributed by atoms with Gasteiger partial charge in [0.1, 0.15) is 17.1 Å². The number of ether oxygens (including phenoxy) is 4. The molecule has 0 aliphatic heterocycles. The Hall–Kier alpha value is -4.58. The van der Waals surface area contributed by atoms with Crippen molar-refractivity contribution in [2.75, 3.05) is 34.4 Å². The number of aromatic nitrogens is 2. The summed E-state index contributed by atoms with van der Waals surface area (Å²) < 4.78 is 66.5. The number of halogens is 3. The zero-order valence-corrected chi connectivity index (χ0v) is 21.3. The van der Waals surface area contributed by atoms with Gasteiger partial charge in [0.05, 0.1) is 26.3 Å². The molecule has 0 saturated carbocycles. The SMILES string of the molecule is CNCCCOc1cc2nccc(Oc3c(F)cc(-c4cnc(F)c(C(N)=O)c4OC)cc3F)c2cc1OC. The Morgan fingerprint density at radius 3 is 2.36 bits per heavy atom. The van der Waals surface area contributed by atoms with Crippen molar-refractivity contribution < 1.29 is 36.9 Å². The number of fused-ring (bicyclic) bond motifs is 1. The fourth-order valence-electron chi connectivity index (χ4n) is 3.95. The molecule has 0 atom stereocenters. The summed E-state index contributed by atoms with van der Waals surface area (Å²) in [6.45, 7) is 1.22. The third-order valence-corrected chi connectivity index (χ3v) is 5.77. The molecule has 2 heterocycles. The average Bonchev–Trinajstić information content (AvgIpc) is 2.92. The van der Waals surface area contributed by atoms with Crippen LogP contribution < -0.4 is 30.0 Å². The Morgan fingerprint density at radius 2 is 1.72 bits per heavy atom. The lowest BCUT2D eigenvalue weighted by molar-refractivity contribution is 0.0992. The third-order valence-electron chi connectivity index (χ3n) is 5.77. The molecule has 3 N–H and O–H groups in total. The van der Waals surface area contributed by atoms with Gasteiger partial charge in [-0.1, -0.05) is 0 Å². The number of nitrogens with zero attached hydrogens (tertiary/aromatic N) is 2. The standard InChI is InChI=1S/C27H25F3N4O5/c1-32-6-4-8-38-22-12-19-15(11-21(22)36-2)20(5-7-33-19)39-25-17(28)9-14(10-18(25)29)16-13-34-26(30)23(27(31)35)24(16)37-3/h5,7,9-13,32H,4,6,8H2,1-3H3,(H2,31,35). The molecule has 2 aromatic carbocycles. The number of methoxy groups -OCH3 is 2. The topological polar surface area (TPSA) is 118 Å². The predicted molar refractivity (Wildman–Crippen MR) is 137 cm³/mol. The van der Waals surface area contributed by atoms with Crippen LogP contribution >= 0.6 is 0 Å². The van der Waals surface area contributed by atoms with Crippen LogP contribution in [-0.2, 0) is 0 Å². The van der Waals surface area contributed by atoms with Crippen LogP contribution in [0.2, 0.25) is 0 Å². The number of hydrogen-bond donors (Lipinski definition) is 2. The van der Waals surface area contributed by atoms with Crippen LogP contribution in [-0.4, -0.2) is 50.3 Å². The Kier molecular flexibility index (Phi) is 8.35. The zero-order chi connectivity index (χ0) is 28.1. The maximum Gasteiger partial charge on any atom is 0.257 e. The highest BCUT2D eigenvalue weighted by Gasteiger charge is 2.24. The van der Waals surface area contributed by atoms with Gasteiger partial charge in [-0.05, 0) is 49.8 Å². The van der Waals surface area contributed by atoms with Gasteiger partial charge in [0.25, 0.3) is 5.91 Å². The molecule has 0 spiro atoms. The highest BCUT2D eigenvalue weighted by Crippen LogP contribution is 2.40. The first-order valence-corrected chi connectivity index (χ1v) is 11.7. The number of hydrogen-bond acceptors (Lipinski definition) is 8. The van der Waals surface area contributed by atoms with Crippen molar-refractivity contribution in [3.8, 4) is 39.9 Å². The lowest BCUT2D eigenvalue weighted by Crippen LogP contribution is -2.16. The monoisotopic (exact) mass is 542 g/mol. The van der Waals surface area contributed by atoms with Gasteiger partial charge in [0, 0.05) is 29.4 Å². The Morgan fingerprint density at radius 1 is 0.974 bits per heavy atom. The summed E-state index contributed by atoms with van der Waals surface area (Å²) in [5.74, 6) is -4.49. The van der Waals surface area contributed by atoms with E-state index in [1.807, 2.05) is 7.05 Å². The molecule has 0 bridgehead atoms. The number of rotatable bonds is 11. The molecule has 0 saturated heterocycles. The maximum atomic E-state index is 15.2. The fraction of sp³-hybridized carbons (Fsp3) is 0.222. The number of primary amides is 1. The van der Waals surface area contributed by atoms with Crippen molar-refractivity contribution in [2.24, 2.45) is 5.73 Å². The molecule has 1 amide bonds. The molecule has 4 aromatic rings. The normalized spacial score (nSPS) is 10.9. The fourth-order valence-corrected chi connectivity index (χ4v) is 3.95. The zero-order valence-electron chi connectivity index (χ0n) is 21.3. The lowest BCUT2D eigenvalue weighted by atomic mass is 10.0. The highest BCUT2D eigenvalue weighted by atomic mass is 19.1. The van der Waals surface area contributed by atoms with E-state index in [1.54, 1.807) is 12.1 Å². The minimum absolute atomic E-state index is 0.0432. The number of nitrogens with two attached hydrogens (primary N) is 1. The molecule has 0 aliphatic rings. The molecule has 0 unspecified atom stereocenters. The number of amides is 1. The van der Waals surface area contributed by atoms with Crippen molar-refractivity contribution in [2.45, 2.75) is 6.42 Å². The van der Waals surface area contributed by atoms with Crippen LogP contribution in [0.4, 0.5) is 13.2 Å². The molecule has 9 nitrogen and oxygen atoms in total. The van der Waals surface area contributed by atoms with Crippen molar-refractivity contribution in [3.05, 3.63) is 65.9 Å². The summed E-state index contributed by atoms with van der Waals surface area (Å²) in [5, 5.41) is 3.46. The summed E-state index contributed by atoms with van der Waals surface area (Å²) in [6, 6.07) is 6.60.